The zero-order valence-electron chi connectivity index (χ0n) is 19.8. The third-order valence-corrected chi connectivity index (χ3v) is 6.57. The van der Waals surface area contributed by atoms with Crippen LogP contribution in [0.5, 0.6) is 0 Å². The van der Waals surface area contributed by atoms with Crippen molar-refractivity contribution in [1.82, 2.24) is 4.90 Å². The lowest BCUT2D eigenvalue weighted by Crippen LogP contribution is -2.43. The van der Waals surface area contributed by atoms with Gasteiger partial charge in [0.15, 0.2) is 0 Å². The number of carbonyl (C=O) groups excluding carboxylic acids is 3. The minimum Gasteiger partial charge on any atom is -0.338 e. The molecule has 1 atom stereocenters. The summed E-state index contributed by atoms with van der Waals surface area (Å²) in [6, 6.07) is 29.6. The molecule has 1 unspecified atom stereocenters. The molecule has 0 bridgehead atoms. The predicted octanol–water partition coefficient (Wildman–Crippen LogP) is 5.58. The minimum absolute atomic E-state index is 0.0557. The summed E-state index contributed by atoms with van der Waals surface area (Å²) in [5, 5.41) is 7.79. The number of para-hydroxylation sites is 2. The number of nitrogens with zero attached hydrogens (tertiary/aromatic N) is 1. The van der Waals surface area contributed by atoms with Crippen LogP contribution in [-0.4, -0.2) is 35.7 Å². The second-order valence-corrected chi connectivity index (χ2v) is 8.97. The van der Waals surface area contributed by atoms with Gasteiger partial charge in [-0.2, -0.15) is 0 Å². The lowest BCUT2D eigenvalue weighted by molar-refractivity contribution is -0.121. The summed E-state index contributed by atoms with van der Waals surface area (Å²) in [5.41, 5.74) is 2.25. The van der Waals surface area contributed by atoms with Crippen molar-refractivity contribution in [1.29, 1.82) is 0 Å². The van der Waals surface area contributed by atoms with Gasteiger partial charge in [-0.1, -0.05) is 66.7 Å². The number of hydrogen-bond acceptors (Lipinski definition) is 3. The Balaban J connectivity index is 1.29. The second-order valence-electron chi connectivity index (χ2n) is 8.97. The van der Waals surface area contributed by atoms with Crippen LogP contribution in [0.15, 0.2) is 97.1 Å². The second kappa shape index (κ2) is 10.4. The molecule has 6 heteroatoms. The molecule has 180 valence electrons. The lowest BCUT2D eigenvalue weighted by atomic mass is 9.95. The average Bonchev–Trinajstić information content (AvgIpc) is 2.94. The summed E-state index contributed by atoms with van der Waals surface area (Å²) in [7, 11) is 0. The summed E-state index contributed by atoms with van der Waals surface area (Å²) >= 11 is 0. The molecule has 6 nitrogen and oxygen atoms in total. The fourth-order valence-corrected chi connectivity index (χ4v) is 4.68. The zero-order chi connectivity index (χ0) is 24.9. The Morgan fingerprint density at radius 1 is 0.722 bits per heavy atom. The molecule has 3 amide bonds. The van der Waals surface area contributed by atoms with Gasteiger partial charge in [-0.15, -0.1) is 0 Å². The van der Waals surface area contributed by atoms with Gasteiger partial charge in [0.25, 0.3) is 11.8 Å². The molecule has 1 saturated heterocycles. The Labute approximate surface area is 209 Å². The normalized spacial score (nSPS) is 15.3. The Kier molecular flexibility index (Phi) is 6.76. The molecule has 1 fully saturated rings. The Morgan fingerprint density at radius 2 is 1.39 bits per heavy atom. The molecule has 0 saturated carbocycles. The van der Waals surface area contributed by atoms with E-state index in [1.807, 2.05) is 54.6 Å². The van der Waals surface area contributed by atoms with Crippen molar-refractivity contribution in [2.75, 3.05) is 23.7 Å². The van der Waals surface area contributed by atoms with Gasteiger partial charge < -0.3 is 15.5 Å². The quantitative estimate of drug-likeness (QED) is 0.394. The Morgan fingerprint density at radius 3 is 2.19 bits per heavy atom. The van der Waals surface area contributed by atoms with Gasteiger partial charge >= 0.3 is 0 Å². The van der Waals surface area contributed by atoms with E-state index in [0.29, 0.717) is 42.0 Å². The molecular formula is C30H27N3O3. The van der Waals surface area contributed by atoms with Gasteiger partial charge in [0.05, 0.1) is 17.3 Å². The number of likely N-dealkylation sites (tertiary alicyclic amines) is 1. The largest absolute Gasteiger partial charge is 0.338 e. The minimum atomic E-state index is -0.337. The third-order valence-electron chi connectivity index (χ3n) is 6.57. The van der Waals surface area contributed by atoms with Crippen molar-refractivity contribution in [3.63, 3.8) is 0 Å². The van der Waals surface area contributed by atoms with Crippen molar-refractivity contribution in [2.24, 2.45) is 5.92 Å². The van der Waals surface area contributed by atoms with E-state index in [0.717, 1.165) is 17.2 Å². The standard InChI is InChI=1S/C30H27N3O3/c34-28(22-11-2-1-3-12-22)31-26-17-6-7-18-27(26)32-29(35)23-14-9-19-33(20-23)30(36)25-16-8-13-21-10-4-5-15-24(21)25/h1-8,10-13,15-18,23H,9,14,19-20H2,(H,31,34)(H,32,35). The number of amides is 3. The number of carbonyl (C=O) groups is 3. The highest BCUT2D eigenvalue weighted by atomic mass is 16.2. The van der Waals surface area contributed by atoms with E-state index < -0.39 is 0 Å². The highest BCUT2D eigenvalue weighted by molar-refractivity contribution is 6.08. The summed E-state index contributed by atoms with van der Waals surface area (Å²) < 4.78 is 0. The maximum absolute atomic E-state index is 13.4. The molecule has 5 rings (SSSR count). The van der Waals surface area contributed by atoms with Gasteiger partial charge in [-0.05, 0) is 53.9 Å². The maximum atomic E-state index is 13.4. The van der Waals surface area contributed by atoms with Crippen LogP contribution in [-0.2, 0) is 4.79 Å². The van der Waals surface area contributed by atoms with E-state index in [4.69, 9.17) is 0 Å². The van der Waals surface area contributed by atoms with Crippen molar-refractivity contribution in [3.05, 3.63) is 108 Å². The molecule has 0 aromatic heterocycles. The van der Waals surface area contributed by atoms with Crippen LogP contribution in [0, 0.1) is 5.92 Å². The summed E-state index contributed by atoms with van der Waals surface area (Å²) in [6.45, 7) is 0.974. The monoisotopic (exact) mass is 477 g/mol. The maximum Gasteiger partial charge on any atom is 0.255 e. The van der Waals surface area contributed by atoms with Crippen LogP contribution in [0.25, 0.3) is 10.8 Å². The predicted molar refractivity (Wildman–Crippen MR) is 142 cm³/mol. The Bertz CT molecular complexity index is 1410. The first kappa shape index (κ1) is 23.3. The van der Waals surface area contributed by atoms with Crippen LogP contribution in [0.2, 0.25) is 0 Å². The van der Waals surface area contributed by atoms with Crippen molar-refractivity contribution in [2.45, 2.75) is 12.8 Å². The SMILES string of the molecule is O=C(Nc1ccccc1NC(=O)C1CCCN(C(=O)c2cccc3ccccc23)C1)c1ccccc1. The molecule has 1 heterocycles. The van der Waals surface area contributed by atoms with E-state index in [1.54, 1.807) is 47.4 Å². The number of benzene rings is 4. The van der Waals surface area contributed by atoms with Crippen molar-refractivity contribution in [3.8, 4) is 0 Å². The molecule has 2 N–H and O–H groups in total. The Hall–Kier alpha value is -4.45. The molecule has 0 radical (unpaired) electrons. The van der Waals surface area contributed by atoms with Gasteiger partial charge in [0.2, 0.25) is 5.91 Å². The molecular weight excluding hydrogens is 450 g/mol. The van der Waals surface area contributed by atoms with E-state index >= 15 is 0 Å². The first-order valence-electron chi connectivity index (χ1n) is 12.1. The van der Waals surface area contributed by atoms with Gasteiger partial charge in [0.1, 0.15) is 0 Å². The van der Waals surface area contributed by atoms with Crippen molar-refractivity contribution < 1.29 is 14.4 Å². The van der Waals surface area contributed by atoms with E-state index in [-0.39, 0.29) is 23.6 Å². The summed E-state index contributed by atoms with van der Waals surface area (Å²) in [6.07, 6.45) is 1.45. The van der Waals surface area contributed by atoms with E-state index in [9.17, 15) is 14.4 Å². The van der Waals surface area contributed by atoms with Crippen LogP contribution in [0.1, 0.15) is 33.6 Å². The number of piperidine rings is 1. The highest BCUT2D eigenvalue weighted by Crippen LogP contribution is 2.26. The van der Waals surface area contributed by atoms with Crippen LogP contribution in [0.3, 0.4) is 0 Å². The number of fused-ring (bicyclic) bond motifs is 1. The van der Waals surface area contributed by atoms with Crippen LogP contribution < -0.4 is 10.6 Å². The molecule has 0 spiro atoms. The fraction of sp³-hybridized carbons (Fsp3) is 0.167. The third kappa shape index (κ3) is 4.98. The first-order valence-corrected chi connectivity index (χ1v) is 12.1. The highest BCUT2D eigenvalue weighted by Gasteiger charge is 2.30. The smallest absolute Gasteiger partial charge is 0.255 e. The average molecular weight is 478 g/mol. The molecule has 1 aliphatic heterocycles. The van der Waals surface area contributed by atoms with Gasteiger partial charge in [-0.3, -0.25) is 14.4 Å². The lowest BCUT2D eigenvalue weighted by Gasteiger charge is -2.32. The molecule has 0 aliphatic carbocycles. The number of hydrogen-bond donors (Lipinski definition) is 2. The van der Waals surface area contributed by atoms with Gasteiger partial charge in [-0.25, -0.2) is 0 Å². The fourth-order valence-electron chi connectivity index (χ4n) is 4.68. The number of rotatable bonds is 5. The summed E-state index contributed by atoms with van der Waals surface area (Å²) in [5.74, 6) is -0.802. The van der Waals surface area contributed by atoms with Crippen molar-refractivity contribution >= 4 is 39.9 Å². The first-order chi connectivity index (χ1) is 17.6. The van der Waals surface area contributed by atoms with E-state index in [1.165, 1.54) is 0 Å². The number of anilines is 2. The molecule has 36 heavy (non-hydrogen) atoms. The summed E-state index contributed by atoms with van der Waals surface area (Å²) in [4.78, 5) is 41.0. The van der Waals surface area contributed by atoms with Gasteiger partial charge in [0, 0.05) is 24.2 Å². The topological polar surface area (TPSA) is 78.5 Å². The van der Waals surface area contributed by atoms with E-state index in [2.05, 4.69) is 10.6 Å². The molecule has 1 aliphatic rings. The molecule has 4 aromatic carbocycles. The van der Waals surface area contributed by atoms with Crippen LogP contribution >= 0.6 is 0 Å². The number of nitrogens with one attached hydrogen (secondary N) is 2. The van der Waals surface area contributed by atoms with Crippen LogP contribution in [0.4, 0.5) is 11.4 Å². The molecule has 4 aromatic rings. The zero-order valence-corrected chi connectivity index (χ0v) is 19.8.